The molecule has 1 atom stereocenters. The first-order chi connectivity index (χ1) is 12.4. The molecule has 0 saturated carbocycles. The fraction of sp³-hybridized carbons (Fsp3) is 0.348. The van der Waals surface area contributed by atoms with Gasteiger partial charge < -0.3 is 5.32 Å². The summed E-state index contributed by atoms with van der Waals surface area (Å²) < 4.78 is 13.8. The average Bonchev–Trinajstić information content (AvgIpc) is 2.87. The molecular weight excluding hydrogens is 325 g/mol. The first kappa shape index (κ1) is 18.4. The zero-order valence-corrected chi connectivity index (χ0v) is 15.9. The molecule has 1 aliphatic carbocycles. The number of rotatable bonds is 5. The summed E-state index contributed by atoms with van der Waals surface area (Å²) in [4.78, 5) is 11.9. The largest absolute Gasteiger partial charge is 0.359 e. The van der Waals surface area contributed by atoms with Crippen LogP contribution >= 0.6 is 0 Å². The maximum absolute atomic E-state index is 13.8. The molecule has 0 fully saturated rings. The SMILES string of the molecule is CNC(=O)CC1=C(C)C(Cc2ccc(C(C)C)cc2)c2ccc(F)cc21. The molecule has 0 radical (unpaired) electrons. The van der Waals surface area contributed by atoms with E-state index in [-0.39, 0.29) is 17.6 Å². The quantitative estimate of drug-likeness (QED) is 0.788. The number of nitrogens with one attached hydrogen (secondary N) is 1. The average molecular weight is 351 g/mol. The summed E-state index contributed by atoms with van der Waals surface area (Å²) in [5.74, 6) is 0.402. The van der Waals surface area contributed by atoms with E-state index in [1.165, 1.54) is 22.8 Å². The highest BCUT2D eigenvalue weighted by atomic mass is 19.1. The van der Waals surface area contributed by atoms with Crippen LogP contribution in [0.15, 0.2) is 48.0 Å². The van der Waals surface area contributed by atoms with Crippen molar-refractivity contribution in [2.75, 3.05) is 7.05 Å². The molecule has 0 aliphatic heterocycles. The fourth-order valence-corrected chi connectivity index (χ4v) is 3.77. The number of amides is 1. The molecule has 0 spiro atoms. The first-order valence-electron chi connectivity index (χ1n) is 9.19. The van der Waals surface area contributed by atoms with Gasteiger partial charge in [0.15, 0.2) is 0 Å². The number of benzene rings is 2. The van der Waals surface area contributed by atoms with E-state index in [0.29, 0.717) is 12.3 Å². The zero-order valence-electron chi connectivity index (χ0n) is 15.9. The van der Waals surface area contributed by atoms with Crippen LogP contribution < -0.4 is 5.32 Å². The number of allylic oxidation sites excluding steroid dienone is 1. The second kappa shape index (κ2) is 7.45. The van der Waals surface area contributed by atoms with Crippen molar-refractivity contribution in [3.05, 3.63) is 76.1 Å². The minimum absolute atomic E-state index is 0.0449. The molecule has 0 heterocycles. The summed E-state index contributed by atoms with van der Waals surface area (Å²) in [6.07, 6.45) is 1.15. The number of carbonyl (C=O) groups is 1. The van der Waals surface area contributed by atoms with Gasteiger partial charge in [-0.05, 0) is 59.2 Å². The molecule has 2 aromatic rings. The van der Waals surface area contributed by atoms with Crippen LogP contribution in [0.5, 0.6) is 0 Å². The number of hydrogen-bond acceptors (Lipinski definition) is 1. The molecule has 2 aromatic carbocycles. The Hall–Kier alpha value is -2.42. The molecule has 3 rings (SSSR count). The van der Waals surface area contributed by atoms with Gasteiger partial charge in [-0.3, -0.25) is 4.79 Å². The molecule has 0 aromatic heterocycles. The lowest BCUT2D eigenvalue weighted by molar-refractivity contribution is -0.119. The maximum atomic E-state index is 13.8. The van der Waals surface area contributed by atoms with Crippen LogP contribution in [-0.4, -0.2) is 13.0 Å². The standard InChI is InChI=1S/C23H26FNO/c1-14(2)17-7-5-16(6-8-17)11-20-15(3)21(13-23(26)25-4)22-12-18(24)9-10-19(20)22/h5-10,12,14,20H,11,13H2,1-4H3,(H,25,26). The maximum Gasteiger partial charge on any atom is 0.224 e. The van der Waals surface area contributed by atoms with Crippen molar-refractivity contribution in [1.29, 1.82) is 0 Å². The van der Waals surface area contributed by atoms with Crippen molar-refractivity contribution in [3.63, 3.8) is 0 Å². The third-order valence-corrected chi connectivity index (χ3v) is 5.42. The normalized spacial score (nSPS) is 16.2. The molecular formula is C23H26FNO. The minimum atomic E-state index is -0.257. The first-order valence-corrected chi connectivity index (χ1v) is 9.19. The van der Waals surface area contributed by atoms with E-state index in [2.05, 4.69) is 50.4 Å². The molecule has 26 heavy (non-hydrogen) atoms. The predicted octanol–water partition coefficient (Wildman–Crippen LogP) is 5.20. The van der Waals surface area contributed by atoms with Gasteiger partial charge in [0.2, 0.25) is 5.91 Å². The van der Waals surface area contributed by atoms with Crippen molar-refractivity contribution in [1.82, 2.24) is 5.32 Å². The van der Waals surface area contributed by atoms with Gasteiger partial charge in [-0.1, -0.05) is 49.8 Å². The van der Waals surface area contributed by atoms with Gasteiger partial charge in [-0.25, -0.2) is 4.39 Å². The molecule has 136 valence electrons. The van der Waals surface area contributed by atoms with Crippen molar-refractivity contribution < 1.29 is 9.18 Å². The van der Waals surface area contributed by atoms with Crippen LogP contribution in [0.3, 0.4) is 0 Å². The van der Waals surface area contributed by atoms with E-state index in [0.717, 1.165) is 23.1 Å². The van der Waals surface area contributed by atoms with E-state index in [4.69, 9.17) is 0 Å². The molecule has 1 unspecified atom stereocenters. The van der Waals surface area contributed by atoms with Crippen molar-refractivity contribution in [3.8, 4) is 0 Å². The number of carbonyl (C=O) groups excluding carboxylic acids is 1. The van der Waals surface area contributed by atoms with Gasteiger partial charge in [-0.15, -0.1) is 0 Å². The van der Waals surface area contributed by atoms with Gasteiger partial charge in [0.05, 0.1) is 6.42 Å². The number of halogens is 1. The van der Waals surface area contributed by atoms with E-state index in [9.17, 15) is 9.18 Å². The van der Waals surface area contributed by atoms with Gasteiger partial charge in [0.1, 0.15) is 5.82 Å². The lowest BCUT2D eigenvalue weighted by atomic mass is 9.89. The fourth-order valence-electron chi connectivity index (χ4n) is 3.77. The van der Waals surface area contributed by atoms with Crippen LogP contribution in [0.25, 0.3) is 5.57 Å². The number of hydrogen-bond donors (Lipinski definition) is 1. The summed E-state index contributed by atoms with van der Waals surface area (Å²) in [5, 5.41) is 2.67. The Morgan fingerprint density at radius 1 is 1.15 bits per heavy atom. The van der Waals surface area contributed by atoms with E-state index in [1.54, 1.807) is 13.1 Å². The van der Waals surface area contributed by atoms with Crippen LogP contribution in [0.2, 0.25) is 0 Å². The van der Waals surface area contributed by atoms with Gasteiger partial charge in [-0.2, -0.15) is 0 Å². The Morgan fingerprint density at radius 3 is 2.46 bits per heavy atom. The Kier molecular flexibility index (Phi) is 5.26. The van der Waals surface area contributed by atoms with Crippen LogP contribution in [0.1, 0.15) is 61.3 Å². The Balaban J connectivity index is 1.94. The van der Waals surface area contributed by atoms with Crippen molar-refractivity contribution in [2.45, 2.75) is 45.4 Å². The molecule has 1 N–H and O–H groups in total. The highest BCUT2D eigenvalue weighted by Crippen LogP contribution is 2.45. The van der Waals surface area contributed by atoms with E-state index >= 15 is 0 Å². The minimum Gasteiger partial charge on any atom is -0.359 e. The third kappa shape index (κ3) is 3.57. The Bertz CT molecular complexity index is 849. The van der Waals surface area contributed by atoms with Gasteiger partial charge in [0.25, 0.3) is 0 Å². The second-order valence-electron chi connectivity index (χ2n) is 7.40. The monoisotopic (exact) mass is 351 g/mol. The highest BCUT2D eigenvalue weighted by Gasteiger charge is 2.30. The highest BCUT2D eigenvalue weighted by molar-refractivity contribution is 5.92. The van der Waals surface area contributed by atoms with Gasteiger partial charge in [0, 0.05) is 13.0 Å². The lowest BCUT2D eigenvalue weighted by Gasteiger charge is -2.15. The third-order valence-electron chi connectivity index (χ3n) is 5.42. The molecule has 2 nitrogen and oxygen atoms in total. The predicted molar refractivity (Wildman–Crippen MR) is 105 cm³/mol. The summed E-state index contributed by atoms with van der Waals surface area (Å²) in [5.41, 5.74) is 6.72. The summed E-state index contributed by atoms with van der Waals surface area (Å²) in [6, 6.07) is 13.7. The second-order valence-corrected chi connectivity index (χ2v) is 7.40. The van der Waals surface area contributed by atoms with Crippen molar-refractivity contribution in [2.24, 2.45) is 0 Å². The Morgan fingerprint density at radius 2 is 1.85 bits per heavy atom. The van der Waals surface area contributed by atoms with Gasteiger partial charge >= 0.3 is 0 Å². The summed E-state index contributed by atoms with van der Waals surface area (Å²) in [7, 11) is 1.63. The molecule has 3 heteroatoms. The summed E-state index contributed by atoms with van der Waals surface area (Å²) in [6.45, 7) is 6.45. The topological polar surface area (TPSA) is 29.1 Å². The summed E-state index contributed by atoms with van der Waals surface area (Å²) >= 11 is 0. The van der Waals surface area contributed by atoms with Crippen LogP contribution in [0.4, 0.5) is 4.39 Å². The van der Waals surface area contributed by atoms with E-state index < -0.39 is 0 Å². The molecule has 0 saturated heterocycles. The smallest absolute Gasteiger partial charge is 0.224 e. The van der Waals surface area contributed by atoms with Crippen molar-refractivity contribution >= 4 is 11.5 Å². The zero-order chi connectivity index (χ0) is 18.8. The molecule has 1 aliphatic rings. The van der Waals surface area contributed by atoms with E-state index in [1.807, 2.05) is 6.07 Å². The van der Waals surface area contributed by atoms with Crippen LogP contribution in [0, 0.1) is 5.82 Å². The van der Waals surface area contributed by atoms with Crippen LogP contribution in [-0.2, 0) is 11.2 Å². The molecule has 1 amide bonds. The molecule has 0 bridgehead atoms. The Labute approximate surface area is 155 Å². The number of fused-ring (bicyclic) bond motifs is 1. The lowest BCUT2D eigenvalue weighted by Crippen LogP contribution is -2.17.